The van der Waals surface area contributed by atoms with Crippen LogP contribution in [-0.4, -0.2) is 21.8 Å². The molecule has 1 aliphatic carbocycles. The van der Waals surface area contributed by atoms with Crippen molar-refractivity contribution in [3.8, 4) is 11.1 Å². The minimum Gasteiger partial charge on any atom is -0.365 e. The highest BCUT2D eigenvalue weighted by molar-refractivity contribution is 6.05. The minimum absolute atomic E-state index is 0.339. The normalized spacial score (nSPS) is 20.0. The van der Waals surface area contributed by atoms with Crippen molar-refractivity contribution in [2.75, 3.05) is 0 Å². The SMILES string of the molecule is CC(C)C1=NC2CCc3cc(-c4ccc5c(ccc6nc(C(C)C)[nH]c65)c4)ccc3C2N1. The van der Waals surface area contributed by atoms with Crippen LogP contribution >= 0.6 is 0 Å². The Hall–Kier alpha value is -3.14. The van der Waals surface area contributed by atoms with Crippen molar-refractivity contribution >= 4 is 27.6 Å². The van der Waals surface area contributed by atoms with E-state index in [1.165, 1.54) is 33.0 Å². The van der Waals surface area contributed by atoms with E-state index in [-0.39, 0.29) is 0 Å². The average Bonchev–Trinajstić information content (AvgIpc) is 3.43. The van der Waals surface area contributed by atoms with Gasteiger partial charge in [0.05, 0.1) is 29.0 Å². The molecule has 0 bridgehead atoms. The molecule has 2 atom stereocenters. The molecule has 0 fully saturated rings. The molecular weight excluding hydrogens is 392 g/mol. The lowest BCUT2D eigenvalue weighted by atomic mass is 9.83. The number of aryl methyl sites for hydroxylation is 1. The first kappa shape index (κ1) is 19.5. The Morgan fingerprint density at radius 3 is 2.53 bits per heavy atom. The van der Waals surface area contributed by atoms with Gasteiger partial charge in [-0.15, -0.1) is 0 Å². The van der Waals surface area contributed by atoms with E-state index in [9.17, 15) is 0 Å². The van der Waals surface area contributed by atoms with E-state index in [2.05, 4.69) is 86.5 Å². The Labute approximate surface area is 189 Å². The van der Waals surface area contributed by atoms with Crippen molar-refractivity contribution in [3.05, 3.63) is 65.5 Å². The van der Waals surface area contributed by atoms with Gasteiger partial charge in [0.2, 0.25) is 0 Å². The summed E-state index contributed by atoms with van der Waals surface area (Å²) in [7, 11) is 0. The molecule has 0 saturated heterocycles. The van der Waals surface area contributed by atoms with Gasteiger partial charge in [0.25, 0.3) is 0 Å². The second-order valence-corrected chi connectivity index (χ2v) is 9.98. The van der Waals surface area contributed by atoms with Crippen LogP contribution < -0.4 is 5.32 Å². The molecule has 0 spiro atoms. The van der Waals surface area contributed by atoms with Crippen LogP contribution in [-0.2, 0) is 6.42 Å². The van der Waals surface area contributed by atoms with Crippen LogP contribution in [0.1, 0.15) is 63.0 Å². The fourth-order valence-electron chi connectivity index (χ4n) is 5.27. The Morgan fingerprint density at radius 1 is 0.906 bits per heavy atom. The number of fused-ring (bicyclic) bond motifs is 6. The summed E-state index contributed by atoms with van der Waals surface area (Å²) in [6, 6.07) is 18.9. The van der Waals surface area contributed by atoms with Crippen LogP contribution in [0.3, 0.4) is 0 Å². The molecule has 4 aromatic rings. The van der Waals surface area contributed by atoms with Crippen LogP contribution in [0.15, 0.2) is 53.5 Å². The average molecular weight is 423 g/mol. The standard InChI is InChI=1S/C28H30N4/c1-15(2)27-29-23-11-7-19-13-17(5-9-21(19)25(23)31-27)18-6-10-22-20(14-18)8-12-24-26(22)32-28(30-24)16(3)4/h5-7,9-11,13-16,24,26H,8,12H2,1-4H3,(H,29,31)(H,30,32). The van der Waals surface area contributed by atoms with E-state index in [0.717, 1.165) is 35.5 Å². The predicted octanol–water partition coefficient (Wildman–Crippen LogP) is 6.52. The molecule has 1 aromatic heterocycles. The third-order valence-corrected chi connectivity index (χ3v) is 7.10. The third-order valence-electron chi connectivity index (χ3n) is 7.10. The molecule has 32 heavy (non-hydrogen) atoms. The zero-order valence-electron chi connectivity index (χ0n) is 19.2. The second kappa shape index (κ2) is 7.19. The van der Waals surface area contributed by atoms with Gasteiger partial charge in [-0.3, -0.25) is 4.99 Å². The first-order valence-corrected chi connectivity index (χ1v) is 11.9. The van der Waals surface area contributed by atoms with Crippen molar-refractivity contribution in [1.82, 2.24) is 15.3 Å². The lowest BCUT2D eigenvalue weighted by Crippen LogP contribution is -2.32. The van der Waals surface area contributed by atoms with Crippen LogP contribution in [0.2, 0.25) is 0 Å². The van der Waals surface area contributed by atoms with Gasteiger partial charge in [0.15, 0.2) is 0 Å². The number of rotatable bonds is 3. The molecule has 6 rings (SSSR count). The summed E-state index contributed by atoms with van der Waals surface area (Å²) < 4.78 is 0. The number of nitrogens with one attached hydrogen (secondary N) is 2. The van der Waals surface area contributed by atoms with Crippen molar-refractivity contribution in [2.45, 2.75) is 58.5 Å². The fourth-order valence-corrected chi connectivity index (χ4v) is 5.27. The van der Waals surface area contributed by atoms with E-state index < -0.39 is 0 Å². The number of aliphatic imine (C=N–C) groups is 1. The molecule has 4 heteroatoms. The van der Waals surface area contributed by atoms with E-state index in [4.69, 9.17) is 9.98 Å². The zero-order valence-corrected chi connectivity index (χ0v) is 19.2. The molecule has 162 valence electrons. The predicted molar refractivity (Wildman–Crippen MR) is 133 cm³/mol. The first-order valence-electron chi connectivity index (χ1n) is 11.9. The fraction of sp³-hybridized carbons (Fsp3) is 0.357. The molecule has 2 aliphatic rings. The third kappa shape index (κ3) is 3.04. The van der Waals surface area contributed by atoms with Gasteiger partial charge in [-0.25, -0.2) is 4.98 Å². The lowest BCUT2D eigenvalue weighted by Gasteiger charge is -2.28. The molecule has 4 nitrogen and oxygen atoms in total. The summed E-state index contributed by atoms with van der Waals surface area (Å²) in [4.78, 5) is 13.3. The van der Waals surface area contributed by atoms with Gasteiger partial charge in [-0.2, -0.15) is 0 Å². The van der Waals surface area contributed by atoms with Crippen molar-refractivity contribution in [2.24, 2.45) is 10.9 Å². The molecule has 3 aromatic carbocycles. The maximum absolute atomic E-state index is 4.96. The highest BCUT2D eigenvalue weighted by Crippen LogP contribution is 2.38. The summed E-state index contributed by atoms with van der Waals surface area (Å²) >= 11 is 0. The Balaban J connectivity index is 1.36. The van der Waals surface area contributed by atoms with Crippen LogP contribution in [0.4, 0.5) is 0 Å². The molecule has 1 aliphatic heterocycles. The highest BCUT2D eigenvalue weighted by atomic mass is 15.1. The van der Waals surface area contributed by atoms with Gasteiger partial charge in [0.1, 0.15) is 5.82 Å². The maximum atomic E-state index is 4.96. The monoisotopic (exact) mass is 422 g/mol. The van der Waals surface area contributed by atoms with E-state index in [0.29, 0.717) is 23.9 Å². The van der Waals surface area contributed by atoms with Gasteiger partial charge < -0.3 is 10.3 Å². The number of aromatic nitrogens is 2. The van der Waals surface area contributed by atoms with Crippen molar-refractivity contribution in [1.29, 1.82) is 0 Å². The van der Waals surface area contributed by atoms with Crippen molar-refractivity contribution < 1.29 is 0 Å². The van der Waals surface area contributed by atoms with Crippen molar-refractivity contribution in [3.63, 3.8) is 0 Å². The molecule has 2 unspecified atom stereocenters. The largest absolute Gasteiger partial charge is 0.365 e. The summed E-state index contributed by atoms with van der Waals surface area (Å²) in [6.07, 6.45) is 2.22. The van der Waals surface area contributed by atoms with E-state index >= 15 is 0 Å². The van der Waals surface area contributed by atoms with Crippen LogP contribution in [0.25, 0.3) is 32.9 Å². The first-order chi connectivity index (χ1) is 15.5. The van der Waals surface area contributed by atoms with Gasteiger partial charge in [-0.05, 0) is 52.6 Å². The van der Waals surface area contributed by atoms with Gasteiger partial charge in [-0.1, -0.05) is 64.1 Å². The summed E-state index contributed by atoms with van der Waals surface area (Å²) in [6.45, 7) is 8.78. The molecule has 0 saturated carbocycles. The second-order valence-electron chi connectivity index (χ2n) is 9.98. The molecule has 0 amide bonds. The van der Waals surface area contributed by atoms with E-state index in [1.54, 1.807) is 0 Å². The highest BCUT2D eigenvalue weighted by Gasteiger charge is 2.35. The molecule has 2 N–H and O–H groups in total. The Kier molecular flexibility index (Phi) is 4.39. The van der Waals surface area contributed by atoms with Crippen LogP contribution in [0, 0.1) is 5.92 Å². The number of nitrogens with zero attached hydrogens (tertiary/aromatic N) is 2. The van der Waals surface area contributed by atoms with Gasteiger partial charge in [0, 0.05) is 17.2 Å². The minimum atomic E-state index is 0.339. The quantitative estimate of drug-likeness (QED) is 0.395. The van der Waals surface area contributed by atoms with E-state index in [1.807, 2.05) is 0 Å². The molecule has 2 heterocycles. The summed E-state index contributed by atoms with van der Waals surface area (Å²) in [5.74, 6) is 3.06. The maximum Gasteiger partial charge on any atom is 0.109 e. The number of hydrogen-bond acceptors (Lipinski definition) is 3. The number of imidazole rings is 1. The number of H-pyrrole nitrogens is 1. The number of amidine groups is 1. The number of benzene rings is 3. The topological polar surface area (TPSA) is 53.1 Å². The summed E-state index contributed by atoms with van der Waals surface area (Å²) in [5, 5.41) is 6.18. The Morgan fingerprint density at radius 2 is 1.72 bits per heavy atom. The molecular formula is C28H30N4. The number of hydrogen-bond donors (Lipinski definition) is 2. The summed E-state index contributed by atoms with van der Waals surface area (Å²) in [5.41, 5.74) is 7.63. The lowest BCUT2D eigenvalue weighted by molar-refractivity contribution is 0.483. The Bertz CT molecular complexity index is 1380. The zero-order chi connectivity index (χ0) is 22.0. The molecule has 0 radical (unpaired) electrons. The van der Waals surface area contributed by atoms with Gasteiger partial charge >= 0.3 is 0 Å². The van der Waals surface area contributed by atoms with Crippen LogP contribution in [0.5, 0.6) is 0 Å². The smallest absolute Gasteiger partial charge is 0.109 e. The number of aromatic amines is 1.